The number of rotatable bonds is 8. The largest absolute Gasteiger partial charge is 0.341 e. The highest BCUT2D eigenvalue weighted by Crippen LogP contribution is 2.38. The lowest BCUT2D eigenvalue weighted by molar-refractivity contribution is 0.402. The van der Waals surface area contributed by atoms with Gasteiger partial charge in [0.1, 0.15) is 0 Å². The highest BCUT2D eigenvalue weighted by atomic mass is 35.5. The second-order valence-electron chi connectivity index (χ2n) is 12.3. The van der Waals surface area contributed by atoms with Crippen molar-refractivity contribution in [1.29, 1.82) is 0 Å². The Labute approximate surface area is 264 Å². The van der Waals surface area contributed by atoms with Gasteiger partial charge in [-0.1, -0.05) is 72.3 Å². The zero-order chi connectivity index (χ0) is 30.2. The van der Waals surface area contributed by atoms with Gasteiger partial charge in [-0.2, -0.15) is 0 Å². The molecule has 226 valence electrons. The van der Waals surface area contributed by atoms with Crippen LogP contribution in [-0.2, 0) is 25.7 Å². The Morgan fingerprint density at radius 3 is 1.30 bits per heavy atom. The molecule has 0 saturated heterocycles. The first-order chi connectivity index (χ1) is 20.9. The number of para-hydroxylation sites is 3. The van der Waals surface area contributed by atoms with Gasteiger partial charge in [0.25, 0.3) is 0 Å². The summed E-state index contributed by atoms with van der Waals surface area (Å²) in [5, 5.41) is 0.816. The molecule has 43 heavy (non-hydrogen) atoms. The second kappa shape index (κ2) is 14.9. The molecule has 0 bridgehead atoms. The van der Waals surface area contributed by atoms with Crippen molar-refractivity contribution in [2.24, 2.45) is 0 Å². The molecule has 4 nitrogen and oxygen atoms in total. The number of halogens is 1. The molecule has 0 fully saturated rings. The van der Waals surface area contributed by atoms with Gasteiger partial charge in [0.05, 0.1) is 0 Å². The Morgan fingerprint density at radius 2 is 0.884 bits per heavy atom. The van der Waals surface area contributed by atoms with Crippen molar-refractivity contribution in [3.63, 3.8) is 0 Å². The summed E-state index contributed by atoms with van der Waals surface area (Å²) in [4.78, 5) is 9.46. The molecular formula is C38H47ClN4. The van der Waals surface area contributed by atoms with Crippen LogP contribution in [0.2, 0.25) is 5.02 Å². The number of hydrogen-bond donors (Lipinski definition) is 0. The van der Waals surface area contributed by atoms with Crippen molar-refractivity contribution in [2.75, 3.05) is 64.2 Å². The smallest absolute Gasteiger partial charge is 0.0458 e. The molecule has 0 spiro atoms. The van der Waals surface area contributed by atoms with Gasteiger partial charge in [-0.3, -0.25) is 0 Å². The van der Waals surface area contributed by atoms with E-state index in [9.17, 15) is 0 Å². The summed E-state index contributed by atoms with van der Waals surface area (Å²) in [5.74, 6) is 0. The first-order valence-corrected chi connectivity index (χ1v) is 16.1. The molecule has 0 unspecified atom stereocenters. The van der Waals surface area contributed by atoms with E-state index in [1.807, 2.05) is 6.07 Å². The second-order valence-corrected chi connectivity index (χ2v) is 12.7. The van der Waals surface area contributed by atoms with E-state index in [1.54, 1.807) is 0 Å². The van der Waals surface area contributed by atoms with Crippen LogP contribution >= 0.6 is 11.6 Å². The highest BCUT2D eigenvalue weighted by molar-refractivity contribution is 6.30. The zero-order valence-corrected chi connectivity index (χ0v) is 27.2. The Morgan fingerprint density at radius 1 is 0.512 bits per heavy atom. The summed E-state index contributed by atoms with van der Waals surface area (Å²) in [6.07, 6.45) is 6.75. The third kappa shape index (κ3) is 8.00. The molecule has 4 aromatic rings. The van der Waals surface area contributed by atoms with Gasteiger partial charge >= 0.3 is 0 Å². The number of fused-ring (bicyclic) bond motifs is 4. The normalized spacial score (nSPS) is 13.7. The van der Waals surface area contributed by atoms with E-state index < -0.39 is 0 Å². The van der Waals surface area contributed by atoms with E-state index in [-0.39, 0.29) is 0 Å². The monoisotopic (exact) mass is 594 g/mol. The summed E-state index contributed by atoms with van der Waals surface area (Å²) in [6.45, 7) is 4.31. The molecule has 2 aliphatic heterocycles. The summed E-state index contributed by atoms with van der Waals surface area (Å²) in [5.41, 5.74) is 11.2. The minimum absolute atomic E-state index is 0.816. The van der Waals surface area contributed by atoms with Crippen LogP contribution in [0, 0.1) is 0 Å². The van der Waals surface area contributed by atoms with Crippen molar-refractivity contribution in [3.05, 3.63) is 118 Å². The molecule has 2 aliphatic rings. The van der Waals surface area contributed by atoms with E-state index in [0.717, 1.165) is 63.3 Å². The van der Waals surface area contributed by atoms with E-state index >= 15 is 0 Å². The van der Waals surface area contributed by atoms with Gasteiger partial charge in [-0.05, 0) is 132 Å². The van der Waals surface area contributed by atoms with Crippen LogP contribution in [0.3, 0.4) is 0 Å². The van der Waals surface area contributed by atoms with Crippen LogP contribution in [0.5, 0.6) is 0 Å². The standard InChI is InChI=1S/C19H23ClN2.C19H24N2/c1-21(2)12-5-13-22-18-7-4-3-6-15(18)8-9-16-10-11-17(20)14-19(16)22;1-20(2)14-7-15-21-18-10-5-3-8-16(18)12-13-17-9-4-6-11-19(17)21/h3-4,6-7,10-11,14H,5,8-9,12-13H2,1-2H3;3-6,8-11H,7,12-15H2,1-2H3. The van der Waals surface area contributed by atoms with Gasteiger partial charge in [0.2, 0.25) is 0 Å². The maximum absolute atomic E-state index is 6.27. The van der Waals surface area contributed by atoms with Crippen LogP contribution in [0.4, 0.5) is 22.7 Å². The Balaban J connectivity index is 0.000000171. The van der Waals surface area contributed by atoms with Crippen LogP contribution in [0.15, 0.2) is 91.0 Å². The van der Waals surface area contributed by atoms with Crippen molar-refractivity contribution >= 4 is 34.4 Å². The van der Waals surface area contributed by atoms with Gasteiger partial charge < -0.3 is 19.6 Å². The summed E-state index contributed by atoms with van der Waals surface area (Å²) in [7, 11) is 8.54. The topological polar surface area (TPSA) is 13.0 Å². The molecule has 0 saturated carbocycles. The van der Waals surface area contributed by atoms with Gasteiger partial charge in [0.15, 0.2) is 0 Å². The minimum Gasteiger partial charge on any atom is -0.341 e. The molecule has 0 aromatic heterocycles. The molecule has 6 rings (SSSR count). The fourth-order valence-corrected chi connectivity index (χ4v) is 6.49. The highest BCUT2D eigenvalue weighted by Gasteiger charge is 2.21. The molecule has 4 aromatic carbocycles. The fraction of sp³-hybridized carbons (Fsp3) is 0.368. The van der Waals surface area contributed by atoms with Crippen molar-refractivity contribution < 1.29 is 0 Å². The van der Waals surface area contributed by atoms with Gasteiger partial charge in [0, 0.05) is 40.9 Å². The van der Waals surface area contributed by atoms with E-state index in [0.29, 0.717) is 0 Å². The molecule has 5 heteroatoms. The lowest BCUT2D eigenvalue weighted by Gasteiger charge is -2.27. The SMILES string of the molecule is CN(C)CCCN1c2ccccc2CCc2ccc(Cl)cc21.CN(C)CCCN1c2ccccc2CCc2ccccc21. The maximum atomic E-state index is 6.27. The number of anilines is 4. The summed E-state index contributed by atoms with van der Waals surface area (Å²) >= 11 is 6.27. The predicted octanol–water partition coefficient (Wildman–Crippen LogP) is 8.40. The fourth-order valence-electron chi connectivity index (χ4n) is 6.33. The molecule has 0 N–H and O–H groups in total. The quantitative estimate of drug-likeness (QED) is 0.203. The van der Waals surface area contributed by atoms with Crippen LogP contribution in [-0.4, -0.2) is 64.2 Å². The van der Waals surface area contributed by atoms with E-state index in [1.165, 1.54) is 51.4 Å². The number of hydrogen-bond acceptors (Lipinski definition) is 4. The molecule has 0 radical (unpaired) electrons. The Hall–Kier alpha value is -3.31. The van der Waals surface area contributed by atoms with Crippen LogP contribution < -0.4 is 9.80 Å². The predicted molar refractivity (Wildman–Crippen MR) is 186 cm³/mol. The number of benzene rings is 4. The van der Waals surface area contributed by atoms with Gasteiger partial charge in [-0.15, -0.1) is 0 Å². The number of nitrogens with zero attached hydrogens (tertiary/aromatic N) is 4. The third-order valence-corrected chi connectivity index (χ3v) is 8.72. The van der Waals surface area contributed by atoms with Crippen LogP contribution in [0.25, 0.3) is 0 Å². The Kier molecular flexibility index (Phi) is 10.8. The van der Waals surface area contributed by atoms with Crippen molar-refractivity contribution in [1.82, 2.24) is 9.80 Å². The Bertz CT molecular complexity index is 1430. The van der Waals surface area contributed by atoms with E-state index in [2.05, 4.69) is 133 Å². The van der Waals surface area contributed by atoms with E-state index in [4.69, 9.17) is 11.6 Å². The lowest BCUT2D eigenvalue weighted by atomic mass is 10.0. The summed E-state index contributed by atoms with van der Waals surface area (Å²) in [6, 6.07) is 32.8. The average molecular weight is 595 g/mol. The molecular weight excluding hydrogens is 548 g/mol. The van der Waals surface area contributed by atoms with Gasteiger partial charge in [-0.25, -0.2) is 0 Å². The first-order valence-electron chi connectivity index (χ1n) is 15.8. The van der Waals surface area contributed by atoms with Crippen molar-refractivity contribution in [2.45, 2.75) is 38.5 Å². The molecule has 0 aliphatic carbocycles. The lowest BCUT2D eigenvalue weighted by Crippen LogP contribution is -2.24. The summed E-state index contributed by atoms with van der Waals surface area (Å²) < 4.78 is 0. The van der Waals surface area contributed by atoms with Crippen molar-refractivity contribution in [3.8, 4) is 0 Å². The molecule has 0 atom stereocenters. The maximum Gasteiger partial charge on any atom is 0.0458 e. The zero-order valence-electron chi connectivity index (χ0n) is 26.4. The first kappa shape index (κ1) is 31.1. The molecule has 2 heterocycles. The van der Waals surface area contributed by atoms with Crippen LogP contribution in [0.1, 0.15) is 35.1 Å². The molecule has 0 amide bonds. The average Bonchev–Trinajstić information content (AvgIpc) is 3.26. The minimum atomic E-state index is 0.816. The number of aryl methyl sites for hydroxylation is 4. The third-order valence-electron chi connectivity index (χ3n) is 8.49.